The highest BCUT2D eigenvalue weighted by molar-refractivity contribution is 5.88. The zero-order valence-corrected chi connectivity index (χ0v) is 10.3. The van der Waals surface area contributed by atoms with Gasteiger partial charge in [-0.2, -0.15) is 0 Å². The summed E-state index contributed by atoms with van der Waals surface area (Å²) < 4.78 is 0. The summed E-state index contributed by atoms with van der Waals surface area (Å²) in [6.07, 6.45) is 5.20. The van der Waals surface area contributed by atoms with E-state index in [0.29, 0.717) is 11.6 Å². The maximum Gasteiger partial charge on any atom is 0.339 e. The molecule has 1 aromatic rings. The van der Waals surface area contributed by atoms with Crippen LogP contribution in [0.15, 0.2) is 6.20 Å². The number of aryl methyl sites for hydroxylation is 1. The molecule has 0 aromatic carbocycles. The standard InChI is InChI=1S/C12H17N3O3/c1-8-9(10(17)18)6-13-11(14-8)15-12(7-16)4-2-3-5-12/h6,16H,2-5,7H2,1H3,(H,17,18)(H,13,14,15). The number of hydrogen-bond donors (Lipinski definition) is 3. The lowest BCUT2D eigenvalue weighted by atomic mass is 9.99. The van der Waals surface area contributed by atoms with Gasteiger partial charge < -0.3 is 15.5 Å². The van der Waals surface area contributed by atoms with Crippen molar-refractivity contribution in [3.8, 4) is 0 Å². The summed E-state index contributed by atoms with van der Waals surface area (Å²) in [5.41, 5.74) is 0.174. The van der Waals surface area contributed by atoms with Gasteiger partial charge in [-0.05, 0) is 19.8 Å². The van der Waals surface area contributed by atoms with Crippen LogP contribution < -0.4 is 5.32 Å². The summed E-state index contributed by atoms with van der Waals surface area (Å²) in [5.74, 6) is -0.648. The Morgan fingerprint density at radius 2 is 2.17 bits per heavy atom. The second-order valence-corrected chi connectivity index (χ2v) is 4.77. The van der Waals surface area contributed by atoms with Gasteiger partial charge in [0.15, 0.2) is 0 Å². The van der Waals surface area contributed by atoms with Crippen LogP contribution in [-0.2, 0) is 0 Å². The molecular weight excluding hydrogens is 234 g/mol. The zero-order valence-electron chi connectivity index (χ0n) is 10.3. The number of aliphatic hydroxyl groups excluding tert-OH is 1. The second kappa shape index (κ2) is 4.89. The Morgan fingerprint density at radius 1 is 1.50 bits per heavy atom. The molecule has 0 saturated heterocycles. The van der Waals surface area contributed by atoms with Gasteiger partial charge in [-0.15, -0.1) is 0 Å². The summed E-state index contributed by atoms with van der Waals surface area (Å²) in [6.45, 7) is 1.67. The first-order valence-electron chi connectivity index (χ1n) is 6.02. The van der Waals surface area contributed by atoms with Crippen LogP contribution >= 0.6 is 0 Å². The van der Waals surface area contributed by atoms with E-state index in [0.717, 1.165) is 25.7 Å². The van der Waals surface area contributed by atoms with Crippen LogP contribution in [0.1, 0.15) is 41.7 Å². The number of nitrogens with zero attached hydrogens (tertiary/aromatic N) is 2. The van der Waals surface area contributed by atoms with Crippen LogP contribution in [0, 0.1) is 6.92 Å². The largest absolute Gasteiger partial charge is 0.478 e. The Kier molecular flexibility index (Phi) is 3.47. The van der Waals surface area contributed by atoms with E-state index in [-0.39, 0.29) is 17.7 Å². The smallest absolute Gasteiger partial charge is 0.339 e. The highest BCUT2D eigenvalue weighted by Gasteiger charge is 2.33. The molecule has 3 N–H and O–H groups in total. The molecule has 1 aliphatic rings. The van der Waals surface area contributed by atoms with Gasteiger partial charge >= 0.3 is 5.97 Å². The Bertz CT molecular complexity index is 456. The predicted molar refractivity (Wildman–Crippen MR) is 65.6 cm³/mol. The molecule has 1 aromatic heterocycles. The third kappa shape index (κ3) is 2.43. The van der Waals surface area contributed by atoms with Crippen LogP contribution in [0.25, 0.3) is 0 Å². The van der Waals surface area contributed by atoms with Crippen LogP contribution in [0.5, 0.6) is 0 Å². The molecule has 98 valence electrons. The molecule has 1 aliphatic carbocycles. The molecule has 18 heavy (non-hydrogen) atoms. The first-order chi connectivity index (χ1) is 8.56. The van der Waals surface area contributed by atoms with E-state index in [2.05, 4.69) is 15.3 Å². The van der Waals surface area contributed by atoms with Crippen molar-refractivity contribution in [2.45, 2.75) is 38.1 Å². The third-order valence-corrected chi connectivity index (χ3v) is 3.45. The highest BCUT2D eigenvalue weighted by Crippen LogP contribution is 2.31. The number of carbonyl (C=O) groups is 1. The van der Waals surface area contributed by atoms with Crippen LogP contribution in [0.2, 0.25) is 0 Å². The maximum absolute atomic E-state index is 10.9. The number of nitrogens with one attached hydrogen (secondary N) is 1. The molecular formula is C12H17N3O3. The SMILES string of the molecule is Cc1nc(NC2(CO)CCCC2)ncc1C(=O)O. The number of aromatic carboxylic acids is 1. The molecule has 1 heterocycles. The number of aliphatic hydroxyl groups is 1. The van der Waals surface area contributed by atoms with Crippen molar-refractivity contribution in [3.63, 3.8) is 0 Å². The summed E-state index contributed by atoms with van der Waals surface area (Å²) in [4.78, 5) is 19.0. The Hall–Kier alpha value is -1.69. The van der Waals surface area contributed by atoms with E-state index in [1.54, 1.807) is 6.92 Å². The molecule has 0 bridgehead atoms. The van der Waals surface area contributed by atoms with Crippen molar-refractivity contribution in [2.24, 2.45) is 0 Å². The molecule has 0 atom stereocenters. The van der Waals surface area contributed by atoms with Gasteiger partial charge in [-0.3, -0.25) is 0 Å². The maximum atomic E-state index is 10.9. The average molecular weight is 251 g/mol. The molecule has 0 amide bonds. The van der Waals surface area contributed by atoms with Gasteiger partial charge in [-0.25, -0.2) is 14.8 Å². The minimum Gasteiger partial charge on any atom is -0.478 e. The Balaban J connectivity index is 2.19. The first kappa shape index (κ1) is 12.8. The topological polar surface area (TPSA) is 95.3 Å². The van der Waals surface area contributed by atoms with E-state index in [1.165, 1.54) is 6.20 Å². The molecule has 0 spiro atoms. The van der Waals surface area contributed by atoms with Crippen molar-refractivity contribution in [1.29, 1.82) is 0 Å². The third-order valence-electron chi connectivity index (χ3n) is 3.45. The van der Waals surface area contributed by atoms with E-state index in [4.69, 9.17) is 5.11 Å². The highest BCUT2D eigenvalue weighted by atomic mass is 16.4. The monoisotopic (exact) mass is 251 g/mol. The van der Waals surface area contributed by atoms with E-state index >= 15 is 0 Å². The molecule has 2 rings (SSSR count). The predicted octanol–water partition coefficient (Wildman–Crippen LogP) is 1.20. The molecule has 6 heteroatoms. The van der Waals surface area contributed by atoms with Gasteiger partial charge in [0.2, 0.25) is 5.95 Å². The lowest BCUT2D eigenvalue weighted by molar-refractivity contribution is 0.0695. The number of rotatable bonds is 4. The lowest BCUT2D eigenvalue weighted by Crippen LogP contribution is -2.39. The van der Waals surface area contributed by atoms with E-state index in [1.807, 2.05) is 0 Å². The minimum absolute atomic E-state index is 0.0378. The van der Waals surface area contributed by atoms with Crippen molar-refractivity contribution >= 4 is 11.9 Å². The zero-order chi connectivity index (χ0) is 13.2. The van der Waals surface area contributed by atoms with E-state index < -0.39 is 5.97 Å². The quantitative estimate of drug-likeness (QED) is 0.744. The minimum atomic E-state index is -1.03. The van der Waals surface area contributed by atoms with Gasteiger partial charge in [0.25, 0.3) is 0 Å². The van der Waals surface area contributed by atoms with Crippen molar-refractivity contribution < 1.29 is 15.0 Å². The van der Waals surface area contributed by atoms with Crippen molar-refractivity contribution in [2.75, 3.05) is 11.9 Å². The summed E-state index contributed by atoms with van der Waals surface area (Å²) in [5, 5.41) is 21.5. The fourth-order valence-electron chi connectivity index (χ4n) is 2.35. The summed E-state index contributed by atoms with van der Waals surface area (Å²) >= 11 is 0. The molecule has 1 saturated carbocycles. The van der Waals surface area contributed by atoms with Crippen molar-refractivity contribution in [1.82, 2.24) is 9.97 Å². The van der Waals surface area contributed by atoms with Crippen LogP contribution in [0.4, 0.5) is 5.95 Å². The van der Waals surface area contributed by atoms with Gasteiger partial charge in [0.1, 0.15) is 0 Å². The number of hydrogen-bond acceptors (Lipinski definition) is 5. The number of carboxylic acids is 1. The second-order valence-electron chi connectivity index (χ2n) is 4.77. The van der Waals surface area contributed by atoms with E-state index in [9.17, 15) is 9.90 Å². The number of aromatic nitrogens is 2. The molecule has 6 nitrogen and oxygen atoms in total. The molecule has 0 radical (unpaired) electrons. The lowest BCUT2D eigenvalue weighted by Gasteiger charge is -2.28. The number of anilines is 1. The van der Waals surface area contributed by atoms with Crippen molar-refractivity contribution in [3.05, 3.63) is 17.5 Å². The Labute approximate surface area is 105 Å². The fraction of sp³-hybridized carbons (Fsp3) is 0.583. The molecule has 0 unspecified atom stereocenters. The Morgan fingerprint density at radius 3 is 2.67 bits per heavy atom. The first-order valence-corrected chi connectivity index (χ1v) is 6.02. The molecule has 1 fully saturated rings. The molecule has 0 aliphatic heterocycles. The van der Waals surface area contributed by atoms with Gasteiger partial charge in [0.05, 0.1) is 23.4 Å². The summed E-state index contributed by atoms with van der Waals surface area (Å²) in [6, 6.07) is 0. The van der Waals surface area contributed by atoms with Gasteiger partial charge in [-0.1, -0.05) is 12.8 Å². The van der Waals surface area contributed by atoms with Crippen LogP contribution in [0.3, 0.4) is 0 Å². The average Bonchev–Trinajstić information content (AvgIpc) is 2.78. The summed E-state index contributed by atoms with van der Waals surface area (Å²) in [7, 11) is 0. The number of carboxylic acid groups (broad SMARTS) is 1. The van der Waals surface area contributed by atoms with Crippen LogP contribution in [-0.4, -0.2) is 38.3 Å². The fourth-order valence-corrected chi connectivity index (χ4v) is 2.35. The normalized spacial score (nSPS) is 17.7. The van der Waals surface area contributed by atoms with Gasteiger partial charge in [0, 0.05) is 6.20 Å².